The molecule has 0 spiro atoms. The van der Waals surface area contributed by atoms with Crippen LogP contribution in [0.4, 0.5) is 10.7 Å². The molecule has 1 amide bonds. The van der Waals surface area contributed by atoms with E-state index in [2.05, 4.69) is 10.3 Å². The van der Waals surface area contributed by atoms with Crippen LogP contribution in [0.15, 0.2) is 30.5 Å². The minimum atomic E-state index is -0.536. The van der Waals surface area contributed by atoms with E-state index in [4.69, 9.17) is 4.74 Å². The highest BCUT2D eigenvalue weighted by Gasteiger charge is 2.16. The Kier molecular flexibility index (Phi) is 3.71. The first-order valence-corrected chi connectivity index (χ1v) is 5.98. The van der Waals surface area contributed by atoms with Gasteiger partial charge in [-0.3, -0.25) is 14.9 Å². The third kappa shape index (κ3) is 2.86. The molecule has 0 unspecified atom stereocenters. The van der Waals surface area contributed by atoms with E-state index in [1.807, 2.05) is 0 Å². The van der Waals surface area contributed by atoms with Gasteiger partial charge in [0.15, 0.2) is 0 Å². The van der Waals surface area contributed by atoms with E-state index < -0.39 is 10.8 Å². The van der Waals surface area contributed by atoms with Crippen LogP contribution >= 0.6 is 11.3 Å². The van der Waals surface area contributed by atoms with Gasteiger partial charge in [-0.05, 0) is 18.2 Å². The van der Waals surface area contributed by atoms with Crippen molar-refractivity contribution in [2.75, 3.05) is 12.4 Å². The fraction of sp³-hybridized carbons (Fsp3) is 0.0909. The van der Waals surface area contributed by atoms with Crippen LogP contribution in [0.5, 0.6) is 5.88 Å². The topological polar surface area (TPSA) is 94.4 Å². The van der Waals surface area contributed by atoms with Crippen LogP contribution in [-0.2, 0) is 0 Å². The fourth-order valence-electron chi connectivity index (χ4n) is 1.38. The number of nitrogens with zero attached hydrogens (tertiary/aromatic N) is 2. The van der Waals surface area contributed by atoms with Gasteiger partial charge in [0.1, 0.15) is 5.69 Å². The molecule has 1 N–H and O–H groups in total. The Morgan fingerprint density at radius 2 is 2.26 bits per heavy atom. The van der Waals surface area contributed by atoms with Crippen LogP contribution in [0.25, 0.3) is 0 Å². The number of amides is 1. The van der Waals surface area contributed by atoms with Gasteiger partial charge in [0, 0.05) is 12.3 Å². The van der Waals surface area contributed by atoms with Crippen molar-refractivity contribution >= 4 is 27.9 Å². The summed E-state index contributed by atoms with van der Waals surface area (Å²) in [5, 5.41) is 13.1. The molecule has 2 heterocycles. The first-order chi connectivity index (χ1) is 9.11. The molecule has 0 aromatic carbocycles. The molecule has 0 atom stereocenters. The van der Waals surface area contributed by atoms with Gasteiger partial charge >= 0.3 is 5.00 Å². The maximum absolute atomic E-state index is 11.9. The molecule has 2 aromatic heterocycles. The Hall–Kier alpha value is -2.48. The van der Waals surface area contributed by atoms with Crippen LogP contribution in [0.1, 0.15) is 9.67 Å². The predicted octanol–water partition coefficient (Wildman–Crippen LogP) is 2.31. The number of carbonyl (C=O) groups excluding carboxylic acids is 1. The van der Waals surface area contributed by atoms with Gasteiger partial charge in [-0.2, -0.15) is 0 Å². The molecule has 0 aliphatic rings. The van der Waals surface area contributed by atoms with Gasteiger partial charge in [0.05, 0.1) is 16.9 Å². The van der Waals surface area contributed by atoms with Crippen molar-refractivity contribution in [2.45, 2.75) is 0 Å². The highest BCUT2D eigenvalue weighted by Crippen LogP contribution is 2.26. The molecule has 98 valence electrons. The average Bonchev–Trinajstić information content (AvgIpc) is 2.89. The van der Waals surface area contributed by atoms with Crippen LogP contribution in [0.3, 0.4) is 0 Å². The number of thiophene rings is 1. The second-order valence-corrected chi connectivity index (χ2v) is 4.47. The van der Waals surface area contributed by atoms with E-state index in [0.717, 1.165) is 11.3 Å². The first kappa shape index (κ1) is 13.0. The summed E-state index contributed by atoms with van der Waals surface area (Å²) in [4.78, 5) is 26.1. The Morgan fingerprint density at radius 1 is 1.47 bits per heavy atom. The van der Waals surface area contributed by atoms with E-state index in [1.165, 1.54) is 25.4 Å². The van der Waals surface area contributed by atoms with Gasteiger partial charge < -0.3 is 10.1 Å². The van der Waals surface area contributed by atoms with E-state index in [9.17, 15) is 14.9 Å². The lowest BCUT2D eigenvalue weighted by Crippen LogP contribution is -2.11. The number of hydrogen-bond donors (Lipinski definition) is 1. The van der Waals surface area contributed by atoms with Crippen LogP contribution < -0.4 is 10.1 Å². The number of hydrogen-bond acceptors (Lipinski definition) is 6. The van der Waals surface area contributed by atoms with Crippen molar-refractivity contribution in [3.8, 4) is 5.88 Å². The van der Waals surface area contributed by atoms with Crippen molar-refractivity contribution in [1.82, 2.24) is 4.98 Å². The van der Waals surface area contributed by atoms with Gasteiger partial charge in [-0.1, -0.05) is 11.3 Å². The molecule has 2 rings (SSSR count). The summed E-state index contributed by atoms with van der Waals surface area (Å²) in [5.41, 5.74) is 0.408. The monoisotopic (exact) mass is 279 g/mol. The Labute approximate surface area is 112 Å². The number of anilines is 1. The summed E-state index contributed by atoms with van der Waals surface area (Å²) in [6.07, 6.45) is 1.53. The van der Waals surface area contributed by atoms with Gasteiger partial charge in [0.2, 0.25) is 5.88 Å². The predicted molar refractivity (Wildman–Crippen MR) is 69.7 cm³/mol. The summed E-state index contributed by atoms with van der Waals surface area (Å²) in [7, 11) is 1.44. The molecule has 8 heteroatoms. The van der Waals surface area contributed by atoms with Crippen molar-refractivity contribution in [1.29, 1.82) is 0 Å². The molecule has 7 nitrogen and oxygen atoms in total. The van der Waals surface area contributed by atoms with E-state index in [0.29, 0.717) is 5.69 Å². The SMILES string of the molecule is COc1ncccc1NC(=O)c1ccc([N+](=O)[O-])s1. The number of nitrogens with one attached hydrogen (secondary N) is 1. The zero-order chi connectivity index (χ0) is 13.8. The number of methoxy groups -OCH3 is 1. The van der Waals surface area contributed by atoms with Crippen LogP contribution in [0, 0.1) is 10.1 Å². The third-order valence-electron chi connectivity index (χ3n) is 2.21. The number of rotatable bonds is 4. The fourth-order valence-corrected chi connectivity index (χ4v) is 2.10. The molecule has 0 aliphatic heterocycles. The van der Waals surface area contributed by atoms with Crippen molar-refractivity contribution in [3.63, 3.8) is 0 Å². The summed E-state index contributed by atoms with van der Waals surface area (Å²) in [6, 6.07) is 5.97. The van der Waals surface area contributed by atoms with E-state index in [1.54, 1.807) is 12.1 Å². The molecule has 0 fully saturated rings. The summed E-state index contributed by atoms with van der Waals surface area (Å²) in [6.45, 7) is 0. The second-order valence-electron chi connectivity index (χ2n) is 3.41. The Morgan fingerprint density at radius 3 is 2.89 bits per heavy atom. The largest absolute Gasteiger partial charge is 0.480 e. The standard InChI is InChI=1S/C11H9N3O4S/c1-18-11-7(3-2-6-12-11)13-10(15)8-4-5-9(19-8)14(16)17/h2-6H,1H3,(H,13,15). The Balaban J connectivity index is 2.18. The molecule has 0 bridgehead atoms. The highest BCUT2D eigenvalue weighted by molar-refractivity contribution is 7.17. The van der Waals surface area contributed by atoms with Crippen molar-refractivity contribution < 1.29 is 14.5 Å². The minimum absolute atomic E-state index is 0.0803. The van der Waals surface area contributed by atoms with E-state index in [-0.39, 0.29) is 15.8 Å². The maximum Gasteiger partial charge on any atom is 0.324 e. The molecule has 19 heavy (non-hydrogen) atoms. The number of aromatic nitrogens is 1. The van der Waals surface area contributed by atoms with Gasteiger partial charge in [-0.25, -0.2) is 4.98 Å². The summed E-state index contributed by atoms with van der Waals surface area (Å²) >= 11 is 0.809. The number of ether oxygens (including phenoxy) is 1. The van der Waals surface area contributed by atoms with Crippen LogP contribution in [-0.4, -0.2) is 22.9 Å². The quantitative estimate of drug-likeness (QED) is 0.684. The lowest BCUT2D eigenvalue weighted by molar-refractivity contribution is -0.380. The molecule has 2 aromatic rings. The van der Waals surface area contributed by atoms with Crippen molar-refractivity contribution in [3.05, 3.63) is 45.5 Å². The lowest BCUT2D eigenvalue weighted by atomic mass is 10.3. The highest BCUT2D eigenvalue weighted by atomic mass is 32.1. The molecule has 0 radical (unpaired) electrons. The lowest BCUT2D eigenvalue weighted by Gasteiger charge is -2.07. The average molecular weight is 279 g/mol. The molecular weight excluding hydrogens is 270 g/mol. The molecule has 0 saturated heterocycles. The number of carbonyl (C=O) groups is 1. The van der Waals surface area contributed by atoms with Crippen molar-refractivity contribution in [2.24, 2.45) is 0 Å². The molecule has 0 aliphatic carbocycles. The molecular formula is C11H9N3O4S. The first-order valence-electron chi connectivity index (χ1n) is 5.16. The van der Waals surface area contributed by atoms with Crippen LogP contribution in [0.2, 0.25) is 0 Å². The summed E-state index contributed by atoms with van der Waals surface area (Å²) in [5.74, 6) is -0.161. The number of pyridine rings is 1. The minimum Gasteiger partial charge on any atom is -0.480 e. The maximum atomic E-state index is 11.9. The zero-order valence-corrected chi connectivity index (χ0v) is 10.6. The zero-order valence-electron chi connectivity index (χ0n) is 9.82. The molecule has 0 saturated carbocycles. The summed E-state index contributed by atoms with van der Waals surface area (Å²) < 4.78 is 4.99. The van der Waals surface area contributed by atoms with E-state index >= 15 is 0 Å². The third-order valence-corrected chi connectivity index (χ3v) is 3.24. The van der Waals surface area contributed by atoms with Gasteiger partial charge in [-0.15, -0.1) is 0 Å². The number of nitro groups is 1. The second kappa shape index (κ2) is 5.44. The smallest absolute Gasteiger partial charge is 0.324 e. The normalized spacial score (nSPS) is 9.95. The van der Waals surface area contributed by atoms with Gasteiger partial charge in [0.25, 0.3) is 5.91 Å². The Bertz CT molecular complexity index is 626.